The van der Waals surface area contributed by atoms with Gasteiger partial charge in [-0.25, -0.2) is 0 Å². The Bertz CT molecular complexity index is 317. The highest BCUT2D eigenvalue weighted by atomic mass is 16.7. The molecule has 0 radical (unpaired) electrons. The summed E-state index contributed by atoms with van der Waals surface area (Å²) in [6.07, 6.45) is 0.680. The van der Waals surface area contributed by atoms with Gasteiger partial charge in [-0.2, -0.15) is 0 Å². The minimum absolute atomic E-state index is 0.160. The number of benzene rings is 1. The van der Waals surface area contributed by atoms with E-state index in [0.29, 0.717) is 26.2 Å². The molecule has 5 heteroatoms. The molecule has 0 aromatic heterocycles. The SMILES string of the molecule is CCONc1ccc(N(CCCO)OCC)cc1. The Labute approximate surface area is 108 Å². The van der Waals surface area contributed by atoms with Gasteiger partial charge in [-0.05, 0) is 44.5 Å². The summed E-state index contributed by atoms with van der Waals surface area (Å²) < 4.78 is 0. The van der Waals surface area contributed by atoms with Gasteiger partial charge < -0.3 is 5.11 Å². The second-order valence-corrected chi connectivity index (χ2v) is 3.68. The van der Waals surface area contributed by atoms with Gasteiger partial charge in [0.1, 0.15) is 0 Å². The molecule has 0 aliphatic carbocycles. The van der Waals surface area contributed by atoms with Crippen molar-refractivity contribution in [1.29, 1.82) is 0 Å². The smallest absolute Gasteiger partial charge is 0.0720 e. The summed E-state index contributed by atoms with van der Waals surface area (Å²) in [7, 11) is 0. The van der Waals surface area contributed by atoms with Crippen LogP contribution < -0.4 is 10.5 Å². The summed E-state index contributed by atoms with van der Waals surface area (Å²) in [5.41, 5.74) is 4.70. The summed E-state index contributed by atoms with van der Waals surface area (Å²) >= 11 is 0. The number of nitrogens with zero attached hydrogens (tertiary/aromatic N) is 1. The standard InChI is InChI=1S/C13H22N2O3/c1-3-17-14-12-6-8-13(9-7-12)15(18-4-2)10-5-11-16/h6-9,14,16H,3-5,10-11H2,1-2H3. The van der Waals surface area contributed by atoms with Crippen LogP contribution in [0.3, 0.4) is 0 Å². The largest absolute Gasteiger partial charge is 0.396 e. The lowest BCUT2D eigenvalue weighted by molar-refractivity contribution is 0.115. The number of rotatable bonds is 9. The summed E-state index contributed by atoms with van der Waals surface area (Å²) in [5.74, 6) is 0. The van der Waals surface area contributed by atoms with E-state index in [1.807, 2.05) is 38.1 Å². The van der Waals surface area contributed by atoms with Gasteiger partial charge in [0.15, 0.2) is 0 Å². The fourth-order valence-electron chi connectivity index (χ4n) is 1.49. The van der Waals surface area contributed by atoms with Crippen LogP contribution in [0.4, 0.5) is 11.4 Å². The molecule has 0 fully saturated rings. The maximum atomic E-state index is 8.86. The Morgan fingerprint density at radius 2 is 1.89 bits per heavy atom. The molecule has 0 atom stereocenters. The van der Waals surface area contributed by atoms with E-state index in [1.54, 1.807) is 5.06 Å². The number of anilines is 2. The Kier molecular flexibility index (Phi) is 7.17. The fraction of sp³-hybridized carbons (Fsp3) is 0.538. The lowest BCUT2D eigenvalue weighted by Crippen LogP contribution is -2.25. The number of aliphatic hydroxyl groups excluding tert-OH is 1. The first-order chi connectivity index (χ1) is 8.81. The molecule has 1 rings (SSSR count). The van der Waals surface area contributed by atoms with Crippen LogP contribution in [0.1, 0.15) is 20.3 Å². The third-order valence-electron chi connectivity index (χ3n) is 2.29. The highest BCUT2D eigenvalue weighted by molar-refractivity contribution is 5.53. The fourth-order valence-corrected chi connectivity index (χ4v) is 1.49. The summed E-state index contributed by atoms with van der Waals surface area (Å²) in [4.78, 5) is 10.6. The Balaban J connectivity index is 2.61. The van der Waals surface area contributed by atoms with E-state index in [4.69, 9.17) is 14.8 Å². The molecular formula is C13H22N2O3. The van der Waals surface area contributed by atoms with Crippen molar-refractivity contribution >= 4 is 11.4 Å². The van der Waals surface area contributed by atoms with E-state index in [2.05, 4.69) is 5.48 Å². The second kappa shape index (κ2) is 8.74. The Hall–Kier alpha value is -1.30. The van der Waals surface area contributed by atoms with Crippen LogP contribution in [0.2, 0.25) is 0 Å². The molecule has 1 aromatic rings. The molecule has 0 saturated heterocycles. The van der Waals surface area contributed by atoms with Crippen LogP contribution in [0.5, 0.6) is 0 Å². The summed E-state index contributed by atoms with van der Waals surface area (Å²) in [5, 5.41) is 10.7. The molecular weight excluding hydrogens is 232 g/mol. The molecule has 0 saturated carbocycles. The average Bonchev–Trinajstić information content (AvgIpc) is 2.42. The lowest BCUT2D eigenvalue weighted by Gasteiger charge is -2.23. The zero-order chi connectivity index (χ0) is 13.2. The number of aliphatic hydroxyl groups is 1. The molecule has 0 bridgehead atoms. The van der Waals surface area contributed by atoms with Crippen molar-refractivity contribution < 1.29 is 14.8 Å². The monoisotopic (exact) mass is 254 g/mol. The van der Waals surface area contributed by atoms with E-state index >= 15 is 0 Å². The first-order valence-electron chi connectivity index (χ1n) is 6.31. The topological polar surface area (TPSA) is 54.0 Å². The molecule has 5 nitrogen and oxygen atoms in total. The van der Waals surface area contributed by atoms with Crippen LogP contribution >= 0.6 is 0 Å². The molecule has 18 heavy (non-hydrogen) atoms. The Morgan fingerprint density at radius 3 is 2.44 bits per heavy atom. The lowest BCUT2D eigenvalue weighted by atomic mass is 10.2. The third kappa shape index (κ3) is 4.91. The van der Waals surface area contributed by atoms with Crippen LogP contribution in [0.15, 0.2) is 24.3 Å². The van der Waals surface area contributed by atoms with Crippen molar-refractivity contribution in [2.45, 2.75) is 20.3 Å². The van der Waals surface area contributed by atoms with Crippen molar-refractivity contribution in [1.82, 2.24) is 0 Å². The van der Waals surface area contributed by atoms with Crippen LogP contribution in [-0.4, -0.2) is 31.5 Å². The van der Waals surface area contributed by atoms with Gasteiger partial charge in [-0.3, -0.25) is 20.2 Å². The summed E-state index contributed by atoms with van der Waals surface area (Å²) in [6.45, 7) is 5.91. The average molecular weight is 254 g/mol. The van der Waals surface area contributed by atoms with Gasteiger partial charge in [-0.15, -0.1) is 0 Å². The quantitative estimate of drug-likeness (QED) is 0.662. The predicted molar refractivity (Wildman–Crippen MR) is 72.4 cm³/mol. The van der Waals surface area contributed by atoms with E-state index < -0.39 is 0 Å². The van der Waals surface area contributed by atoms with Gasteiger partial charge in [0.05, 0.1) is 24.6 Å². The molecule has 0 spiro atoms. The van der Waals surface area contributed by atoms with E-state index in [1.165, 1.54) is 0 Å². The molecule has 102 valence electrons. The van der Waals surface area contributed by atoms with Crippen LogP contribution in [-0.2, 0) is 9.68 Å². The van der Waals surface area contributed by atoms with Crippen molar-refractivity contribution in [2.24, 2.45) is 0 Å². The molecule has 0 heterocycles. The molecule has 0 amide bonds. The van der Waals surface area contributed by atoms with Gasteiger partial charge in [-0.1, -0.05) is 0 Å². The zero-order valence-electron chi connectivity index (χ0n) is 11.1. The number of hydrogen-bond acceptors (Lipinski definition) is 5. The van der Waals surface area contributed by atoms with Crippen LogP contribution in [0.25, 0.3) is 0 Å². The zero-order valence-corrected chi connectivity index (χ0v) is 11.1. The van der Waals surface area contributed by atoms with Crippen molar-refractivity contribution in [2.75, 3.05) is 36.9 Å². The normalized spacial score (nSPS) is 10.4. The van der Waals surface area contributed by atoms with E-state index in [-0.39, 0.29) is 6.61 Å². The minimum Gasteiger partial charge on any atom is -0.396 e. The van der Waals surface area contributed by atoms with Gasteiger partial charge in [0, 0.05) is 13.2 Å². The number of nitrogens with one attached hydrogen (secondary N) is 1. The second-order valence-electron chi connectivity index (χ2n) is 3.68. The maximum absolute atomic E-state index is 8.86. The van der Waals surface area contributed by atoms with Crippen molar-refractivity contribution in [3.63, 3.8) is 0 Å². The highest BCUT2D eigenvalue weighted by Crippen LogP contribution is 2.18. The highest BCUT2D eigenvalue weighted by Gasteiger charge is 2.06. The summed E-state index contributed by atoms with van der Waals surface area (Å²) in [6, 6.07) is 7.76. The first kappa shape index (κ1) is 14.8. The molecule has 0 aliphatic rings. The van der Waals surface area contributed by atoms with Crippen molar-refractivity contribution in [3.05, 3.63) is 24.3 Å². The molecule has 0 aliphatic heterocycles. The third-order valence-corrected chi connectivity index (χ3v) is 2.29. The van der Waals surface area contributed by atoms with Gasteiger partial charge in [0.25, 0.3) is 0 Å². The minimum atomic E-state index is 0.160. The molecule has 1 aromatic carbocycles. The van der Waals surface area contributed by atoms with E-state index in [0.717, 1.165) is 11.4 Å². The van der Waals surface area contributed by atoms with Gasteiger partial charge >= 0.3 is 0 Å². The molecule has 2 N–H and O–H groups in total. The molecule has 0 unspecified atom stereocenters. The van der Waals surface area contributed by atoms with Gasteiger partial charge in [0.2, 0.25) is 0 Å². The van der Waals surface area contributed by atoms with E-state index in [9.17, 15) is 0 Å². The van der Waals surface area contributed by atoms with Crippen LogP contribution in [0, 0.1) is 0 Å². The number of hydrogen-bond donors (Lipinski definition) is 2. The predicted octanol–water partition coefficient (Wildman–Crippen LogP) is 2.19. The number of hydroxylamine groups is 1. The van der Waals surface area contributed by atoms with Crippen molar-refractivity contribution in [3.8, 4) is 0 Å². The maximum Gasteiger partial charge on any atom is 0.0720 e. The Morgan fingerprint density at radius 1 is 1.17 bits per heavy atom. The first-order valence-corrected chi connectivity index (χ1v) is 6.31.